The fourth-order valence-electron chi connectivity index (χ4n) is 1.80. The molecule has 0 aromatic carbocycles. The number of carbonyl (C=O) groups excluding carboxylic acids is 1. The molecule has 1 amide bonds. The van der Waals surface area contributed by atoms with Crippen LogP contribution in [0.4, 0.5) is 4.79 Å². The highest BCUT2D eigenvalue weighted by Crippen LogP contribution is 2.17. The summed E-state index contributed by atoms with van der Waals surface area (Å²) in [6.45, 7) is 6.27. The van der Waals surface area contributed by atoms with Gasteiger partial charge in [-0.1, -0.05) is 0 Å². The Morgan fingerprint density at radius 2 is 1.94 bits per heavy atom. The lowest BCUT2D eigenvalue weighted by molar-refractivity contribution is 0.00691. The highest BCUT2D eigenvalue weighted by atomic mass is 16.6. The van der Waals surface area contributed by atoms with E-state index in [0.717, 1.165) is 6.42 Å². The summed E-state index contributed by atoms with van der Waals surface area (Å²) < 4.78 is 10.6. The van der Waals surface area contributed by atoms with Gasteiger partial charge in [0.2, 0.25) is 0 Å². The molecule has 2 unspecified atom stereocenters. The van der Waals surface area contributed by atoms with E-state index in [4.69, 9.17) is 9.47 Å². The van der Waals surface area contributed by atoms with Crippen molar-refractivity contribution in [2.45, 2.75) is 51.4 Å². The van der Waals surface area contributed by atoms with Gasteiger partial charge in [0.1, 0.15) is 5.60 Å². The number of ether oxygens (including phenoxy) is 2. The SMILES string of the molecule is COC1CCC(O)CN(C(=O)OC(C)(C)C)C1. The van der Waals surface area contributed by atoms with Gasteiger partial charge in [0, 0.05) is 7.11 Å². The van der Waals surface area contributed by atoms with Crippen LogP contribution in [0.5, 0.6) is 0 Å². The molecular formula is C12H23NO4. The first-order valence-electron chi connectivity index (χ1n) is 6.00. The maximum absolute atomic E-state index is 11.9. The van der Waals surface area contributed by atoms with Crippen LogP contribution in [0.2, 0.25) is 0 Å². The minimum Gasteiger partial charge on any atom is -0.444 e. The van der Waals surface area contributed by atoms with E-state index in [1.54, 1.807) is 7.11 Å². The van der Waals surface area contributed by atoms with Crippen LogP contribution >= 0.6 is 0 Å². The number of β-amino-alcohol motifs (C(OH)–C–C–N with tert-alkyl or cyclic N) is 1. The van der Waals surface area contributed by atoms with Crippen molar-refractivity contribution in [3.63, 3.8) is 0 Å². The molecule has 1 rings (SSSR count). The first-order valence-corrected chi connectivity index (χ1v) is 6.00. The Morgan fingerprint density at radius 1 is 1.29 bits per heavy atom. The topological polar surface area (TPSA) is 59.0 Å². The van der Waals surface area contributed by atoms with Crippen LogP contribution in [0.1, 0.15) is 33.6 Å². The van der Waals surface area contributed by atoms with Crippen molar-refractivity contribution in [3.8, 4) is 0 Å². The molecule has 0 spiro atoms. The van der Waals surface area contributed by atoms with Gasteiger partial charge in [0.15, 0.2) is 0 Å². The van der Waals surface area contributed by atoms with E-state index in [2.05, 4.69) is 0 Å². The summed E-state index contributed by atoms with van der Waals surface area (Å²) >= 11 is 0. The number of carbonyl (C=O) groups is 1. The van der Waals surface area contributed by atoms with E-state index in [1.165, 1.54) is 4.90 Å². The van der Waals surface area contributed by atoms with Crippen molar-refractivity contribution in [2.75, 3.05) is 20.2 Å². The highest BCUT2D eigenvalue weighted by Gasteiger charge is 2.29. The Kier molecular flexibility index (Phi) is 4.77. The first kappa shape index (κ1) is 14.3. The van der Waals surface area contributed by atoms with E-state index in [0.29, 0.717) is 19.5 Å². The normalized spacial score (nSPS) is 26.5. The third-order valence-electron chi connectivity index (χ3n) is 2.66. The molecule has 5 nitrogen and oxygen atoms in total. The lowest BCUT2D eigenvalue weighted by Gasteiger charge is -2.28. The quantitative estimate of drug-likeness (QED) is 0.758. The molecule has 2 atom stereocenters. The molecule has 17 heavy (non-hydrogen) atoms. The summed E-state index contributed by atoms with van der Waals surface area (Å²) in [5.74, 6) is 0. The molecule has 0 radical (unpaired) electrons. The van der Waals surface area contributed by atoms with Gasteiger partial charge in [0.25, 0.3) is 0 Å². The fraction of sp³-hybridized carbons (Fsp3) is 0.917. The van der Waals surface area contributed by atoms with E-state index in [1.807, 2.05) is 20.8 Å². The maximum atomic E-state index is 11.9. The molecule has 0 saturated carbocycles. The van der Waals surface area contributed by atoms with Crippen molar-refractivity contribution < 1.29 is 19.4 Å². The Hall–Kier alpha value is -0.810. The van der Waals surface area contributed by atoms with Gasteiger partial charge in [-0.25, -0.2) is 4.79 Å². The summed E-state index contributed by atoms with van der Waals surface area (Å²) in [5, 5.41) is 9.72. The zero-order valence-electron chi connectivity index (χ0n) is 11.1. The molecule has 1 fully saturated rings. The molecule has 0 aromatic rings. The van der Waals surface area contributed by atoms with E-state index in [-0.39, 0.29) is 12.2 Å². The summed E-state index contributed by atoms with van der Waals surface area (Å²) in [7, 11) is 1.62. The van der Waals surface area contributed by atoms with Crippen molar-refractivity contribution >= 4 is 6.09 Å². The summed E-state index contributed by atoms with van der Waals surface area (Å²) in [6, 6.07) is 0. The number of likely N-dealkylation sites (tertiary alicyclic amines) is 1. The average Bonchev–Trinajstić information content (AvgIpc) is 2.37. The van der Waals surface area contributed by atoms with Gasteiger partial charge in [-0.2, -0.15) is 0 Å². The van der Waals surface area contributed by atoms with Gasteiger partial charge in [0.05, 0.1) is 25.3 Å². The van der Waals surface area contributed by atoms with E-state index in [9.17, 15) is 9.90 Å². The lowest BCUT2D eigenvalue weighted by atomic mass is 10.1. The molecule has 0 aliphatic carbocycles. The summed E-state index contributed by atoms with van der Waals surface area (Å²) in [5.41, 5.74) is -0.517. The van der Waals surface area contributed by atoms with Gasteiger partial charge >= 0.3 is 6.09 Å². The van der Waals surface area contributed by atoms with Crippen LogP contribution in [0.3, 0.4) is 0 Å². The van der Waals surface area contributed by atoms with Crippen LogP contribution in [0.25, 0.3) is 0 Å². The van der Waals surface area contributed by atoms with E-state index < -0.39 is 11.7 Å². The Balaban J connectivity index is 2.63. The number of nitrogens with zero attached hydrogens (tertiary/aromatic N) is 1. The van der Waals surface area contributed by atoms with E-state index >= 15 is 0 Å². The molecule has 1 aliphatic heterocycles. The van der Waals surface area contributed by atoms with Gasteiger partial charge in [-0.15, -0.1) is 0 Å². The van der Waals surface area contributed by atoms with Crippen LogP contribution in [-0.4, -0.2) is 54.1 Å². The molecule has 5 heteroatoms. The molecular weight excluding hydrogens is 222 g/mol. The van der Waals surface area contributed by atoms with Crippen molar-refractivity contribution in [3.05, 3.63) is 0 Å². The standard InChI is InChI=1S/C12H23NO4/c1-12(2,3)17-11(15)13-7-9(14)5-6-10(8-13)16-4/h9-10,14H,5-8H2,1-4H3. The Labute approximate surface area is 103 Å². The largest absolute Gasteiger partial charge is 0.444 e. The van der Waals surface area contributed by atoms with Crippen LogP contribution in [0.15, 0.2) is 0 Å². The summed E-state index contributed by atoms with van der Waals surface area (Å²) in [6.07, 6.45) is 0.497. The minimum absolute atomic E-state index is 0.0281. The lowest BCUT2D eigenvalue weighted by Crippen LogP contribution is -2.42. The summed E-state index contributed by atoms with van der Waals surface area (Å²) in [4.78, 5) is 13.4. The molecule has 1 N–H and O–H groups in total. The van der Waals surface area contributed by atoms with Crippen LogP contribution in [0, 0.1) is 0 Å². The third-order valence-corrected chi connectivity index (χ3v) is 2.66. The second-order valence-corrected chi connectivity index (χ2v) is 5.47. The van der Waals surface area contributed by atoms with Crippen molar-refractivity contribution in [1.29, 1.82) is 0 Å². The molecule has 0 aromatic heterocycles. The highest BCUT2D eigenvalue weighted by molar-refractivity contribution is 5.68. The fourth-order valence-corrected chi connectivity index (χ4v) is 1.80. The molecule has 1 saturated heterocycles. The first-order chi connectivity index (χ1) is 7.81. The second kappa shape index (κ2) is 5.69. The third kappa shape index (κ3) is 4.91. The molecule has 1 heterocycles. The van der Waals surface area contributed by atoms with Crippen molar-refractivity contribution in [1.82, 2.24) is 4.90 Å². The minimum atomic E-state index is -0.517. The maximum Gasteiger partial charge on any atom is 0.410 e. The average molecular weight is 245 g/mol. The van der Waals surface area contributed by atoms with Crippen LogP contribution < -0.4 is 0 Å². The predicted molar refractivity (Wildman–Crippen MR) is 63.8 cm³/mol. The predicted octanol–water partition coefficient (Wildman–Crippen LogP) is 1.39. The second-order valence-electron chi connectivity index (χ2n) is 5.47. The number of aliphatic hydroxyl groups is 1. The monoisotopic (exact) mass is 245 g/mol. The Morgan fingerprint density at radius 3 is 2.47 bits per heavy atom. The number of rotatable bonds is 1. The number of hydrogen-bond donors (Lipinski definition) is 1. The van der Waals surface area contributed by atoms with Gasteiger partial charge in [-0.3, -0.25) is 0 Å². The molecule has 100 valence electrons. The number of methoxy groups -OCH3 is 1. The molecule has 1 aliphatic rings. The van der Waals surface area contributed by atoms with Crippen molar-refractivity contribution in [2.24, 2.45) is 0 Å². The smallest absolute Gasteiger partial charge is 0.410 e. The number of hydrogen-bond acceptors (Lipinski definition) is 4. The Bertz CT molecular complexity index is 262. The number of amides is 1. The van der Waals surface area contributed by atoms with Gasteiger partial charge < -0.3 is 19.5 Å². The number of aliphatic hydroxyl groups excluding tert-OH is 1. The van der Waals surface area contributed by atoms with Gasteiger partial charge in [-0.05, 0) is 33.6 Å². The van der Waals surface area contributed by atoms with Crippen LogP contribution in [-0.2, 0) is 9.47 Å². The zero-order valence-corrected chi connectivity index (χ0v) is 11.1. The zero-order chi connectivity index (χ0) is 13.1. The molecule has 0 bridgehead atoms.